The number of rotatable bonds is 6. The number of nitrogens with one attached hydrogen (secondary N) is 2. The number of carbonyl (C=O) groups is 2. The minimum Gasteiger partial charge on any atom is -0.375 e. The molecule has 0 radical (unpaired) electrons. The van der Waals surface area contributed by atoms with E-state index in [2.05, 4.69) is 10.6 Å². The third-order valence-corrected chi connectivity index (χ3v) is 4.24. The normalized spacial score (nSPS) is 11.6. The van der Waals surface area contributed by atoms with Gasteiger partial charge in [-0.2, -0.15) is 11.3 Å². The SMILES string of the molecule is COC(CNC(=O)C(=O)Nc1cc([N+](=O)[O-])ccc1C)c1ccsc1. The quantitative estimate of drug-likeness (QED) is 0.465. The van der Waals surface area contributed by atoms with Gasteiger partial charge in [-0.1, -0.05) is 6.07 Å². The van der Waals surface area contributed by atoms with Crippen LogP contribution in [0.4, 0.5) is 11.4 Å². The molecule has 8 nitrogen and oxygen atoms in total. The molecule has 0 saturated carbocycles. The standard InChI is InChI=1S/C16H17N3O5S/c1-10-3-4-12(19(22)23)7-13(10)18-16(21)15(20)17-8-14(24-2)11-5-6-25-9-11/h3-7,9,14H,8H2,1-2H3,(H,17,20)(H,18,21). The first-order valence-corrected chi connectivity index (χ1v) is 8.25. The van der Waals surface area contributed by atoms with Crippen molar-refractivity contribution < 1.29 is 19.2 Å². The van der Waals surface area contributed by atoms with Gasteiger partial charge in [0.05, 0.1) is 10.6 Å². The number of nitro benzene ring substituents is 1. The maximum Gasteiger partial charge on any atom is 0.313 e. The van der Waals surface area contributed by atoms with Gasteiger partial charge < -0.3 is 15.4 Å². The molecule has 0 fully saturated rings. The molecule has 1 atom stereocenters. The number of non-ortho nitro benzene ring substituents is 1. The minimum absolute atomic E-state index is 0.132. The first kappa shape index (κ1) is 18.6. The highest BCUT2D eigenvalue weighted by molar-refractivity contribution is 7.07. The first-order chi connectivity index (χ1) is 11.9. The highest BCUT2D eigenvalue weighted by atomic mass is 32.1. The number of nitrogens with zero attached hydrogens (tertiary/aromatic N) is 1. The van der Waals surface area contributed by atoms with Gasteiger partial charge >= 0.3 is 11.8 Å². The molecule has 1 heterocycles. The van der Waals surface area contributed by atoms with E-state index in [1.165, 1.54) is 36.6 Å². The summed E-state index contributed by atoms with van der Waals surface area (Å²) >= 11 is 1.50. The monoisotopic (exact) mass is 363 g/mol. The zero-order chi connectivity index (χ0) is 18.4. The van der Waals surface area contributed by atoms with E-state index in [0.29, 0.717) is 5.56 Å². The second-order valence-electron chi connectivity index (χ2n) is 5.20. The Hall–Kier alpha value is -2.78. The van der Waals surface area contributed by atoms with Gasteiger partial charge in [0, 0.05) is 25.8 Å². The fourth-order valence-corrected chi connectivity index (χ4v) is 2.80. The van der Waals surface area contributed by atoms with Crippen LogP contribution in [-0.2, 0) is 14.3 Å². The molecule has 1 unspecified atom stereocenters. The third kappa shape index (κ3) is 4.85. The molecule has 2 amide bonds. The summed E-state index contributed by atoms with van der Waals surface area (Å²) in [5, 5.41) is 19.5. The van der Waals surface area contributed by atoms with E-state index >= 15 is 0 Å². The molecule has 0 aliphatic carbocycles. The highest BCUT2D eigenvalue weighted by Crippen LogP contribution is 2.22. The molecule has 0 aliphatic heterocycles. The van der Waals surface area contributed by atoms with Gasteiger partial charge in [-0.3, -0.25) is 19.7 Å². The summed E-state index contributed by atoms with van der Waals surface area (Å²) in [5.74, 6) is -1.74. The maximum absolute atomic E-state index is 12.0. The fourth-order valence-electron chi connectivity index (χ4n) is 2.10. The summed E-state index contributed by atoms with van der Waals surface area (Å²) in [7, 11) is 1.51. The number of amides is 2. The summed E-state index contributed by atoms with van der Waals surface area (Å²) in [6.45, 7) is 1.81. The number of hydrogen-bond acceptors (Lipinski definition) is 6. The molecule has 1 aromatic heterocycles. The van der Waals surface area contributed by atoms with Crippen molar-refractivity contribution in [2.45, 2.75) is 13.0 Å². The van der Waals surface area contributed by atoms with Gasteiger partial charge in [0.2, 0.25) is 0 Å². The number of nitro groups is 1. The largest absolute Gasteiger partial charge is 0.375 e. The third-order valence-electron chi connectivity index (χ3n) is 3.53. The Bertz CT molecular complexity index is 776. The average molecular weight is 363 g/mol. The topological polar surface area (TPSA) is 111 Å². The molecule has 1 aromatic carbocycles. The van der Waals surface area contributed by atoms with Crippen molar-refractivity contribution in [3.05, 3.63) is 56.3 Å². The van der Waals surface area contributed by atoms with Crippen molar-refractivity contribution >= 4 is 34.5 Å². The first-order valence-electron chi connectivity index (χ1n) is 7.31. The molecular weight excluding hydrogens is 346 g/mol. The lowest BCUT2D eigenvalue weighted by Gasteiger charge is -2.15. The summed E-state index contributed by atoms with van der Waals surface area (Å²) in [6.07, 6.45) is -0.359. The molecule has 0 bridgehead atoms. The Balaban J connectivity index is 1.97. The van der Waals surface area contributed by atoms with Crippen molar-refractivity contribution in [2.24, 2.45) is 0 Å². The van der Waals surface area contributed by atoms with E-state index in [1.54, 1.807) is 6.92 Å². The average Bonchev–Trinajstić information content (AvgIpc) is 3.11. The number of hydrogen-bond donors (Lipinski definition) is 2. The van der Waals surface area contributed by atoms with Crippen molar-refractivity contribution in [3.8, 4) is 0 Å². The van der Waals surface area contributed by atoms with Crippen LogP contribution in [-0.4, -0.2) is 30.4 Å². The lowest BCUT2D eigenvalue weighted by molar-refractivity contribution is -0.384. The Morgan fingerprint density at radius 3 is 2.68 bits per heavy atom. The van der Waals surface area contributed by atoms with Crippen LogP contribution in [0.3, 0.4) is 0 Å². The highest BCUT2D eigenvalue weighted by Gasteiger charge is 2.19. The van der Waals surface area contributed by atoms with E-state index in [1.807, 2.05) is 16.8 Å². The van der Waals surface area contributed by atoms with Crippen LogP contribution in [0.1, 0.15) is 17.2 Å². The second kappa shape index (κ2) is 8.36. The Kier molecular flexibility index (Phi) is 6.20. The molecule has 0 spiro atoms. The minimum atomic E-state index is -0.899. The molecule has 25 heavy (non-hydrogen) atoms. The zero-order valence-corrected chi connectivity index (χ0v) is 14.5. The van der Waals surface area contributed by atoms with Gasteiger partial charge in [-0.25, -0.2) is 0 Å². The van der Waals surface area contributed by atoms with Crippen LogP contribution in [0, 0.1) is 17.0 Å². The number of aryl methyl sites for hydroxylation is 1. The molecular formula is C16H17N3O5S. The van der Waals surface area contributed by atoms with E-state index in [-0.39, 0.29) is 24.0 Å². The Labute approximate surface area is 148 Å². The number of thiophene rings is 1. The summed E-state index contributed by atoms with van der Waals surface area (Å²) in [6, 6.07) is 5.92. The molecule has 2 rings (SSSR count). The van der Waals surface area contributed by atoms with Gasteiger partial charge in [-0.05, 0) is 34.9 Å². The molecule has 2 N–H and O–H groups in total. The zero-order valence-electron chi connectivity index (χ0n) is 13.6. The molecule has 132 valence electrons. The summed E-state index contributed by atoms with van der Waals surface area (Å²) in [4.78, 5) is 34.2. The van der Waals surface area contributed by atoms with Gasteiger partial charge in [-0.15, -0.1) is 0 Å². The van der Waals surface area contributed by atoms with E-state index < -0.39 is 16.7 Å². The van der Waals surface area contributed by atoms with Crippen molar-refractivity contribution in [2.75, 3.05) is 19.0 Å². The van der Waals surface area contributed by atoms with E-state index in [9.17, 15) is 19.7 Å². The molecule has 0 aliphatic rings. The lowest BCUT2D eigenvalue weighted by atomic mass is 10.2. The van der Waals surface area contributed by atoms with Gasteiger partial charge in [0.1, 0.15) is 6.10 Å². The Morgan fingerprint density at radius 2 is 2.08 bits per heavy atom. The number of methoxy groups -OCH3 is 1. The van der Waals surface area contributed by atoms with Crippen molar-refractivity contribution in [1.29, 1.82) is 0 Å². The fraction of sp³-hybridized carbons (Fsp3) is 0.250. The second-order valence-corrected chi connectivity index (χ2v) is 5.98. The van der Waals surface area contributed by atoms with E-state index in [0.717, 1.165) is 5.56 Å². The van der Waals surface area contributed by atoms with Crippen LogP contribution in [0.15, 0.2) is 35.0 Å². The predicted octanol–water partition coefficient (Wildman–Crippen LogP) is 2.41. The number of benzene rings is 1. The molecule has 9 heteroatoms. The summed E-state index contributed by atoms with van der Waals surface area (Å²) < 4.78 is 5.29. The van der Waals surface area contributed by atoms with Crippen LogP contribution < -0.4 is 10.6 Å². The van der Waals surface area contributed by atoms with Gasteiger partial charge in [0.15, 0.2) is 0 Å². The molecule has 0 saturated heterocycles. The molecule has 2 aromatic rings. The Morgan fingerprint density at radius 1 is 1.32 bits per heavy atom. The van der Waals surface area contributed by atoms with Crippen LogP contribution >= 0.6 is 11.3 Å². The van der Waals surface area contributed by atoms with Crippen LogP contribution in [0.25, 0.3) is 0 Å². The van der Waals surface area contributed by atoms with Crippen LogP contribution in [0.5, 0.6) is 0 Å². The number of anilines is 1. The van der Waals surface area contributed by atoms with Crippen molar-refractivity contribution in [1.82, 2.24) is 5.32 Å². The smallest absolute Gasteiger partial charge is 0.313 e. The van der Waals surface area contributed by atoms with E-state index in [4.69, 9.17) is 4.74 Å². The number of carbonyl (C=O) groups excluding carboxylic acids is 2. The van der Waals surface area contributed by atoms with Gasteiger partial charge in [0.25, 0.3) is 5.69 Å². The summed E-state index contributed by atoms with van der Waals surface area (Å²) in [5.41, 5.74) is 1.57. The lowest BCUT2D eigenvalue weighted by Crippen LogP contribution is -2.38. The van der Waals surface area contributed by atoms with Crippen molar-refractivity contribution in [3.63, 3.8) is 0 Å². The van der Waals surface area contributed by atoms with Crippen LogP contribution in [0.2, 0.25) is 0 Å². The predicted molar refractivity (Wildman–Crippen MR) is 93.5 cm³/mol. The maximum atomic E-state index is 12.0. The number of ether oxygens (including phenoxy) is 1.